The average molecular weight is 359 g/mol. The Morgan fingerprint density at radius 3 is 2.50 bits per heavy atom. The van der Waals surface area contributed by atoms with Crippen molar-refractivity contribution in [2.45, 2.75) is 37.8 Å². The smallest absolute Gasteiger partial charge is 0.271 e. The van der Waals surface area contributed by atoms with Gasteiger partial charge < -0.3 is 20.4 Å². The van der Waals surface area contributed by atoms with Crippen molar-refractivity contribution in [3.63, 3.8) is 0 Å². The third-order valence-electron chi connectivity index (χ3n) is 5.47. The summed E-state index contributed by atoms with van der Waals surface area (Å²) < 4.78 is 5.99. The number of aromatic nitrogens is 1. The zero-order chi connectivity index (χ0) is 18.3. The minimum Gasteiger partial charge on any atom is -0.484 e. The van der Waals surface area contributed by atoms with Crippen LogP contribution in [0.5, 0.6) is 5.75 Å². The van der Waals surface area contributed by atoms with Gasteiger partial charge >= 0.3 is 0 Å². The number of rotatable bonds is 6. The summed E-state index contributed by atoms with van der Waals surface area (Å²) in [4.78, 5) is 27.7. The highest BCUT2D eigenvalue weighted by atomic mass is 16.5. The van der Waals surface area contributed by atoms with Gasteiger partial charge in [0, 0.05) is 22.9 Å². The fourth-order valence-corrected chi connectivity index (χ4v) is 3.87. The Hall–Kier alpha value is -2.76. The molecule has 0 saturated heterocycles. The maximum atomic E-state index is 12.6. The van der Waals surface area contributed by atoms with Gasteiger partial charge in [-0.25, -0.2) is 0 Å². The molecular formula is C20H29N3O3. The highest BCUT2D eigenvalue weighted by Gasteiger charge is 2.57. The van der Waals surface area contributed by atoms with E-state index in [2.05, 4.69) is 15.6 Å². The molecular weight excluding hydrogens is 330 g/mol. The minimum atomic E-state index is -0.315. The van der Waals surface area contributed by atoms with E-state index in [9.17, 15) is 9.59 Å². The van der Waals surface area contributed by atoms with Gasteiger partial charge in [-0.2, -0.15) is 0 Å². The van der Waals surface area contributed by atoms with Crippen LogP contribution in [0.4, 0.5) is 0 Å². The molecule has 5 rings (SSSR count). The Morgan fingerprint density at radius 2 is 1.92 bits per heavy atom. The Bertz CT molecular complexity index is 840. The lowest BCUT2D eigenvalue weighted by Crippen LogP contribution is -2.68. The molecule has 3 fully saturated rings. The Balaban J connectivity index is 0.00000140. The van der Waals surface area contributed by atoms with E-state index in [1.807, 2.05) is 37.3 Å². The highest BCUT2D eigenvalue weighted by molar-refractivity contribution is 6.00. The van der Waals surface area contributed by atoms with Gasteiger partial charge in [0.1, 0.15) is 17.5 Å². The lowest BCUT2D eigenvalue weighted by atomic mass is 9.50. The van der Waals surface area contributed by atoms with Gasteiger partial charge in [-0.1, -0.05) is 30.3 Å². The molecule has 2 aromatic rings. The van der Waals surface area contributed by atoms with Crippen LogP contribution in [-0.4, -0.2) is 29.4 Å². The monoisotopic (exact) mass is 359 g/mol. The molecule has 1 heterocycles. The molecule has 3 saturated carbocycles. The maximum absolute atomic E-state index is 12.6. The van der Waals surface area contributed by atoms with Crippen molar-refractivity contribution in [2.24, 2.45) is 5.92 Å². The first-order valence-corrected chi connectivity index (χ1v) is 8.99. The van der Waals surface area contributed by atoms with Crippen LogP contribution in [0.25, 0.3) is 0 Å². The molecule has 3 N–H and O–H groups in total. The first-order valence-electron chi connectivity index (χ1n) is 8.99. The van der Waals surface area contributed by atoms with Crippen LogP contribution < -0.4 is 15.4 Å². The summed E-state index contributed by atoms with van der Waals surface area (Å²) in [7, 11) is 1.55. The second-order valence-corrected chi connectivity index (χ2v) is 7.39. The van der Waals surface area contributed by atoms with Gasteiger partial charge in [-0.3, -0.25) is 9.59 Å². The lowest BCUT2D eigenvalue weighted by molar-refractivity contribution is -0.0439. The number of amides is 2. The molecule has 2 bridgehead atoms. The largest absolute Gasteiger partial charge is 0.484 e. The Kier molecular flexibility index (Phi) is 3.98. The number of carbonyl (C=O) groups excluding carboxylic acids is 2. The summed E-state index contributed by atoms with van der Waals surface area (Å²) in [6.07, 6.45) is 2.95. The standard InChI is InChI=1S/C20H23N3O3.3H2/c1-12(14-6-4-3-5-7-14)26-16-8-15(22-17(16)19(25)21-2)18(24)23-20-9-13(10-20)11-20;;;/h3-8,12-13,22H,9-11H2,1-2H3,(H,21,25)(H,23,24);3*1H/t12-,13?,20?;;;/m0.../s1. The quantitative estimate of drug-likeness (QED) is 0.738. The van der Waals surface area contributed by atoms with Gasteiger partial charge in [0.2, 0.25) is 0 Å². The molecule has 2 amide bonds. The van der Waals surface area contributed by atoms with Gasteiger partial charge in [0.25, 0.3) is 11.8 Å². The van der Waals surface area contributed by atoms with Gasteiger partial charge in [-0.15, -0.1) is 0 Å². The van der Waals surface area contributed by atoms with Crippen LogP contribution in [0.15, 0.2) is 36.4 Å². The number of benzene rings is 1. The topological polar surface area (TPSA) is 83.2 Å². The molecule has 0 spiro atoms. The lowest BCUT2D eigenvalue weighted by Gasteiger charge is -2.61. The Morgan fingerprint density at radius 1 is 1.23 bits per heavy atom. The van der Waals surface area contributed by atoms with Crippen molar-refractivity contribution in [3.8, 4) is 5.75 Å². The van der Waals surface area contributed by atoms with Crippen LogP contribution >= 0.6 is 0 Å². The Labute approximate surface area is 156 Å². The molecule has 1 aromatic heterocycles. The van der Waals surface area contributed by atoms with Crippen LogP contribution in [0.3, 0.4) is 0 Å². The number of nitrogens with one attached hydrogen (secondary N) is 3. The van der Waals surface area contributed by atoms with Gasteiger partial charge in [0.05, 0.1) is 0 Å². The van der Waals surface area contributed by atoms with Crippen LogP contribution in [0.2, 0.25) is 0 Å². The fraction of sp³-hybridized carbons (Fsp3) is 0.400. The number of carbonyl (C=O) groups is 2. The zero-order valence-corrected chi connectivity index (χ0v) is 15.0. The average Bonchev–Trinajstić information content (AvgIpc) is 3.00. The van der Waals surface area contributed by atoms with E-state index in [4.69, 9.17) is 4.74 Å². The molecule has 3 aliphatic carbocycles. The maximum Gasteiger partial charge on any atom is 0.271 e. The number of ether oxygens (including phenoxy) is 1. The number of hydrogen-bond donors (Lipinski definition) is 3. The predicted octanol–water partition coefficient (Wildman–Crippen LogP) is 3.53. The summed E-state index contributed by atoms with van der Waals surface area (Å²) in [5, 5.41) is 5.68. The molecule has 1 aromatic carbocycles. The minimum absolute atomic E-state index is 0. The van der Waals surface area contributed by atoms with Crippen molar-refractivity contribution in [3.05, 3.63) is 53.3 Å². The number of H-pyrrole nitrogens is 1. The molecule has 0 aliphatic heterocycles. The van der Waals surface area contributed by atoms with E-state index in [1.54, 1.807) is 13.1 Å². The molecule has 1 atom stereocenters. The van der Waals surface area contributed by atoms with Crippen LogP contribution in [-0.2, 0) is 0 Å². The normalized spacial score (nSPS) is 24.0. The third-order valence-corrected chi connectivity index (χ3v) is 5.47. The van der Waals surface area contributed by atoms with Crippen molar-refractivity contribution >= 4 is 11.8 Å². The van der Waals surface area contributed by atoms with E-state index < -0.39 is 0 Å². The van der Waals surface area contributed by atoms with Gasteiger partial charge in [0.15, 0.2) is 5.75 Å². The first-order chi connectivity index (χ1) is 12.5. The van der Waals surface area contributed by atoms with E-state index in [0.29, 0.717) is 11.4 Å². The molecule has 0 radical (unpaired) electrons. The van der Waals surface area contributed by atoms with E-state index in [0.717, 1.165) is 30.7 Å². The summed E-state index contributed by atoms with van der Waals surface area (Å²) >= 11 is 0. The summed E-state index contributed by atoms with van der Waals surface area (Å²) in [5.41, 5.74) is 1.59. The molecule has 6 nitrogen and oxygen atoms in total. The van der Waals surface area contributed by atoms with Crippen molar-refractivity contribution in [1.29, 1.82) is 0 Å². The fourth-order valence-electron chi connectivity index (χ4n) is 3.87. The second kappa shape index (κ2) is 6.20. The number of hydrogen-bond acceptors (Lipinski definition) is 3. The second-order valence-electron chi connectivity index (χ2n) is 7.39. The molecule has 6 heteroatoms. The van der Waals surface area contributed by atoms with E-state index in [-0.39, 0.29) is 33.4 Å². The van der Waals surface area contributed by atoms with Crippen molar-refractivity contribution in [1.82, 2.24) is 15.6 Å². The summed E-state index contributed by atoms with van der Waals surface area (Å²) in [5.74, 6) is 0.662. The van der Waals surface area contributed by atoms with Crippen molar-refractivity contribution in [2.75, 3.05) is 7.05 Å². The third kappa shape index (κ3) is 2.85. The summed E-state index contributed by atoms with van der Waals surface area (Å²) in [6, 6.07) is 11.4. The first kappa shape index (κ1) is 16.7. The number of aromatic amines is 1. The van der Waals surface area contributed by atoms with Crippen molar-refractivity contribution < 1.29 is 18.6 Å². The highest BCUT2D eigenvalue weighted by Crippen LogP contribution is 2.57. The van der Waals surface area contributed by atoms with Crippen LogP contribution in [0, 0.1) is 5.92 Å². The SMILES string of the molecule is CNC(=O)c1[nH]c(C(=O)NC23CC(C2)C3)cc1O[C@@H](C)c1ccccc1.[HH].[HH].[HH]. The van der Waals surface area contributed by atoms with E-state index >= 15 is 0 Å². The molecule has 26 heavy (non-hydrogen) atoms. The predicted molar refractivity (Wildman–Crippen MR) is 104 cm³/mol. The van der Waals surface area contributed by atoms with Crippen LogP contribution in [0.1, 0.15) is 63.1 Å². The molecule has 142 valence electrons. The summed E-state index contributed by atoms with van der Waals surface area (Å²) in [6.45, 7) is 1.91. The van der Waals surface area contributed by atoms with Gasteiger partial charge in [-0.05, 0) is 37.7 Å². The molecule has 0 unspecified atom stereocenters. The molecule has 3 aliphatic rings. The zero-order valence-electron chi connectivity index (χ0n) is 15.0. The van der Waals surface area contributed by atoms with E-state index in [1.165, 1.54) is 0 Å².